The van der Waals surface area contributed by atoms with Gasteiger partial charge in [-0.25, -0.2) is 0 Å². The molecule has 0 heteroatoms. The number of fused-ring (bicyclic) bond motifs is 18. The molecule has 568 valence electrons. The summed E-state index contributed by atoms with van der Waals surface area (Å²) in [5, 5.41) is 15.2. The van der Waals surface area contributed by atoms with Crippen molar-refractivity contribution < 1.29 is 0 Å². The monoisotopic (exact) mass is 1530 g/mol. The van der Waals surface area contributed by atoms with Crippen LogP contribution in [0.1, 0.15) is 99.9 Å². The zero-order chi connectivity index (χ0) is 80.7. The third-order valence-electron chi connectivity index (χ3n) is 28.1. The fourth-order valence-corrected chi connectivity index (χ4v) is 21.9. The van der Waals surface area contributed by atoms with E-state index in [9.17, 15) is 0 Å². The van der Waals surface area contributed by atoms with Crippen molar-refractivity contribution in [2.45, 2.75) is 77.0 Å². The van der Waals surface area contributed by atoms with Crippen molar-refractivity contribution in [1.29, 1.82) is 0 Å². The van der Waals surface area contributed by atoms with Crippen molar-refractivity contribution in [2.75, 3.05) is 0 Å². The van der Waals surface area contributed by atoms with Crippen molar-refractivity contribution in [3.8, 4) is 134 Å². The number of benzene rings is 20. The average molecular weight is 1530 g/mol. The first-order chi connectivity index (χ1) is 58.5. The van der Waals surface area contributed by atoms with Crippen LogP contribution < -0.4 is 0 Å². The molecular formula is C120H88. The Morgan fingerprint density at radius 1 is 0.125 bits per heavy atom. The van der Waals surface area contributed by atoms with Crippen LogP contribution in [0.2, 0.25) is 0 Å². The summed E-state index contributed by atoms with van der Waals surface area (Å²) in [6.07, 6.45) is 0. The minimum absolute atomic E-state index is 0.0361. The highest BCUT2D eigenvalue weighted by Crippen LogP contribution is 2.57. The van der Waals surface area contributed by atoms with Crippen molar-refractivity contribution in [3.63, 3.8) is 0 Å². The standard InChI is InChI=1S/2C60H44/c1-59(2)54-23-12-10-19-46(54)51-35-44(28-31-55(51)59)58-49-21-8-7-20-48(49)57(50-30-27-41(34-52(50)58)40-25-24-37-14-5-6-15-38(37)32-40)43-17-13-16-39(33-43)42-26-29-47-45-18-9-11-22-53(45)60(3,4)56(47)36-42;1-59(2)54-20-12-10-16-46(54)51-35-44(29-32-55(51)59)58-49-18-8-7-17-48(49)57(50-31-28-42(34-52(50)58)41-26-23-37-13-5-6-14-40(37)33-41)39-24-21-38(22-25-39)43-27-30-47-45-15-9-11-19-53(45)60(3,4)56(47)36-43/h2*5-36H,1-4H3. The van der Waals surface area contributed by atoms with E-state index in [1.165, 1.54) is 243 Å². The second-order valence-electron chi connectivity index (χ2n) is 36.1. The molecule has 0 nitrogen and oxygen atoms in total. The van der Waals surface area contributed by atoms with Crippen LogP contribution in [0.3, 0.4) is 0 Å². The lowest BCUT2D eigenvalue weighted by atomic mass is 9.81. The smallest absolute Gasteiger partial charge is 0.0159 e. The van der Waals surface area contributed by atoms with Gasteiger partial charge in [0.1, 0.15) is 0 Å². The Bertz CT molecular complexity index is 7760. The van der Waals surface area contributed by atoms with Crippen LogP contribution in [0.4, 0.5) is 0 Å². The second kappa shape index (κ2) is 26.7. The summed E-state index contributed by atoms with van der Waals surface area (Å²) in [5.41, 5.74) is 41.8. The third kappa shape index (κ3) is 10.9. The van der Waals surface area contributed by atoms with Crippen LogP contribution >= 0.6 is 0 Å². The Morgan fingerprint density at radius 3 is 0.825 bits per heavy atom. The van der Waals surface area contributed by atoms with Gasteiger partial charge in [-0.1, -0.05) is 389 Å². The fourth-order valence-electron chi connectivity index (χ4n) is 21.9. The lowest BCUT2D eigenvalue weighted by Crippen LogP contribution is -2.14. The quantitative estimate of drug-likeness (QED) is 0.133. The summed E-state index contributed by atoms with van der Waals surface area (Å²) in [6, 6.07) is 147. The molecule has 4 aliphatic carbocycles. The van der Waals surface area contributed by atoms with Gasteiger partial charge in [-0.15, -0.1) is 0 Å². The van der Waals surface area contributed by atoms with Crippen molar-refractivity contribution in [3.05, 3.63) is 433 Å². The normalized spacial score (nSPS) is 14.3. The SMILES string of the molecule is CC1(C)c2ccccc2-c2cc(-c3c4ccccc4c(-c4ccc(-c5ccc6c(c5)C(C)(C)c5ccccc5-6)cc4)c4ccc(-c5ccc6ccccc6c5)cc34)ccc21.CC1(C)c2ccccc2-c2cc(-c3c4ccccc4c(-c4cccc(-c5ccc6c(c5)C(C)(C)c5ccccc5-6)c4)c4ccc(-c5ccc6ccccc6c5)cc34)ccc21. The van der Waals surface area contributed by atoms with E-state index in [4.69, 9.17) is 0 Å². The Hall–Kier alpha value is -14.0. The maximum absolute atomic E-state index is 2.47. The second-order valence-corrected chi connectivity index (χ2v) is 36.1. The van der Waals surface area contributed by atoms with Crippen molar-refractivity contribution >= 4 is 64.6 Å². The molecule has 4 aliphatic rings. The summed E-state index contributed by atoms with van der Waals surface area (Å²) in [7, 11) is 0. The van der Waals surface area contributed by atoms with Gasteiger partial charge >= 0.3 is 0 Å². The van der Waals surface area contributed by atoms with Gasteiger partial charge in [0.05, 0.1) is 0 Å². The molecule has 0 aliphatic heterocycles. The van der Waals surface area contributed by atoms with Gasteiger partial charge in [-0.2, -0.15) is 0 Å². The summed E-state index contributed by atoms with van der Waals surface area (Å²) in [5.74, 6) is 0. The maximum atomic E-state index is 2.47. The summed E-state index contributed by atoms with van der Waals surface area (Å²) in [6.45, 7) is 18.9. The number of hydrogen-bond donors (Lipinski definition) is 0. The fraction of sp³-hybridized carbons (Fsp3) is 0.100. The van der Waals surface area contributed by atoms with Gasteiger partial charge in [-0.05, 0) is 297 Å². The molecule has 0 spiro atoms. The van der Waals surface area contributed by atoms with Gasteiger partial charge in [0.2, 0.25) is 0 Å². The summed E-state index contributed by atoms with van der Waals surface area (Å²) >= 11 is 0. The first-order valence-corrected chi connectivity index (χ1v) is 42.7. The first kappa shape index (κ1) is 71.3. The Kier molecular flexibility index (Phi) is 15.9. The highest BCUT2D eigenvalue weighted by atomic mass is 14.4. The largest absolute Gasteiger partial charge is 0.0619 e. The van der Waals surface area contributed by atoms with Crippen LogP contribution in [0.25, 0.3) is 198 Å². The first-order valence-electron chi connectivity index (χ1n) is 42.7. The Labute approximate surface area is 703 Å². The number of hydrogen-bond acceptors (Lipinski definition) is 0. The summed E-state index contributed by atoms with van der Waals surface area (Å²) in [4.78, 5) is 0. The third-order valence-corrected chi connectivity index (χ3v) is 28.1. The van der Waals surface area contributed by atoms with Gasteiger partial charge in [0, 0.05) is 21.7 Å². The zero-order valence-corrected chi connectivity index (χ0v) is 69.0. The molecule has 24 rings (SSSR count). The molecule has 20 aromatic carbocycles. The molecule has 20 aromatic rings. The van der Waals surface area contributed by atoms with Crippen LogP contribution in [0, 0.1) is 0 Å². The highest BCUT2D eigenvalue weighted by molar-refractivity contribution is 6.24. The molecule has 0 amide bonds. The topological polar surface area (TPSA) is 0 Å². The molecule has 0 aromatic heterocycles. The van der Waals surface area contributed by atoms with Crippen LogP contribution in [-0.4, -0.2) is 0 Å². The molecule has 0 N–H and O–H groups in total. The van der Waals surface area contributed by atoms with Crippen molar-refractivity contribution in [1.82, 2.24) is 0 Å². The zero-order valence-electron chi connectivity index (χ0n) is 69.0. The molecule has 0 radical (unpaired) electrons. The Morgan fingerprint density at radius 2 is 0.383 bits per heavy atom. The van der Waals surface area contributed by atoms with E-state index in [0.717, 1.165) is 0 Å². The molecule has 0 bridgehead atoms. The maximum Gasteiger partial charge on any atom is 0.0159 e. The lowest BCUT2D eigenvalue weighted by molar-refractivity contribution is 0.660. The Balaban J connectivity index is 0.000000140. The lowest BCUT2D eigenvalue weighted by Gasteiger charge is -2.22. The minimum atomic E-state index is -0.0556. The molecule has 0 saturated carbocycles. The van der Waals surface area contributed by atoms with Crippen LogP contribution in [-0.2, 0) is 21.7 Å². The minimum Gasteiger partial charge on any atom is -0.0619 e. The van der Waals surface area contributed by atoms with E-state index in [0.29, 0.717) is 0 Å². The number of rotatable bonds is 8. The van der Waals surface area contributed by atoms with Gasteiger partial charge in [-0.3, -0.25) is 0 Å². The predicted molar refractivity (Wildman–Crippen MR) is 512 cm³/mol. The molecule has 120 heavy (non-hydrogen) atoms. The predicted octanol–water partition coefficient (Wildman–Crippen LogP) is 32.9. The van der Waals surface area contributed by atoms with Crippen LogP contribution in [0.5, 0.6) is 0 Å². The summed E-state index contributed by atoms with van der Waals surface area (Å²) < 4.78 is 0. The van der Waals surface area contributed by atoms with E-state index in [1.54, 1.807) is 0 Å². The molecular weight excluding hydrogens is 1440 g/mol. The van der Waals surface area contributed by atoms with Gasteiger partial charge < -0.3 is 0 Å². The van der Waals surface area contributed by atoms with Gasteiger partial charge in [0.25, 0.3) is 0 Å². The molecule has 0 fully saturated rings. The molecule has 0 atom stereocenters. The van der Waals surface area contributed by atoms with E-state index in [1.807, 2.05) is 0 Å². The molecule has 0 saturated heterocycles. The average Bonchev–Trinajstić information content (AvgIpc) is 1.30. The van der Waals surface area contributed by atoms with Gasteiger partial charge in [0.15, 0.2) is 0 Å². The molecule has 0 heterocycles. The van der Waals surface area contributed by atoms with Crippen LogP contribution in [0.15, 0.2) is 388 Å². The van der Waals surface area contributed by atoms with E-state index >= 15 is 0 Å². The van der Waals surface area contributed by atoms with E-state index in [-0.39, 0.29) is 21.7 Å². The highest BCUT2D eigenvalue weighted by Gasteiger charge is 2.40. The van der Waals surface area contributed by atoms with E-state index < -0.39 is 0 Å². The van der Waals surface area contributed by atoms with Crippen molar-refractivity contribution in [2.24, 2.45) is 0 Å². The van der Waals surface area contributed by atoms with E-state index in [2.05, 4.69) is 444 Å². The molecule has 0 unspecified atom stereocenters.